The first kappa shape index (κ1) is 17.2. The highest BCUT2D eigenvalue weighted by Gasteiger charge is 2.28. The highest BCUT2D eigenvalue weighted by Crippen LogP contribution is 2.17. The summed E-state index contributed by atoms with van der Waals surface area (Å²) in [6.07, 6.45) is -0.602. The van der Waals surface area contributed by atoms with E-state index in [0.29, 0.717) is 12.3 Å². The van der Waals surface area contributed by atoms with Crippen LogP contribution >= 0.6 is 0 Å². The fraction of sp³-hybridized carbons (Fsp3) is 0.500. The minimum absolute atomic E-state index is 0.213. The van der Waals surface area contributed by atoms with Gasteiger partial charge in [-0.05, 0) is 26.0 Å². The first-order valence-corrected chi connectivity index (χ1v) is 7.13. The summed E-state index contributed by atoms with van der Waals surface area (Å²) in [7, 11) is 0. The molecule has 0 bridgehead atoms. The van der Waals surface area contributed by atoms with Crippen LogP contribution in [0.1, 0.15) is 27.7 Å². The number of rotatable bonds is 7. The summed E-state index contributed by atoms with van der Waals surface area (Å²) in [5.41, 5.74) is 0.706. The van der Waals surface area contributed by atoms with Gasteiger partial charge in [-0.2, -0.15) is 0 Å². The van der Waals surface area contributed by atoms with E-state index in [9.17, 15) is 9.59 Å². The topological polar surface area (TPSA) is 64.6 Å². The maximum Gasteiger partial charge on any atom is 0.311 e. The Hall–Kier alpha value is -1.88. The maximum absolute atomic E-state index is 12.1. The normalized spacial score (nSPS) is 14.9. The van der Waals surface area contributed by atoms with Gasteiger partial charge in [0.25, 0.3) is 0 Å². The Morgan fingerprint density at radius 2 is 1.71 bits per heavy atom. The number of benzene rings is 1. The molecular formula is C16H23NO4. The van der Waals surface area contributed by atoms with E-state index in [1.165, 1.54) is 0 Å². The van der Waals surface area contributed by atoms with Crippen LogP contribution in [-0.2, 0) is 19.1 Å². The summed E-state index contributed by atoms with van der Waals surface area (Å²) in [5, 5.41) is 2.78. The molecule has 1 aromatic carbocycles. The number of para-hydroxylation sites is 1. The van der Waals surface area contributed by atoms with Gasteiger partial charge in [0.15, 0.2) is 6.29 Å². The Kier molecular flexibility index (Phi) is 6.88. The van der Waals surface area contributed by atoms with Crippen LogP contribution in [-0.4, -0.2) is 24.8 Å². The molecule has 3 unspecified atom stereocenters. The van der Waals surface area contributed by atoms with Gasteiger partial charge >= 0.3 is 5.97 Å². The van der Waals surface area contributed by atoms with E-state index in [2.05, 4.69) is 5.32 Å². The third kappa shape index (κ3) is 5.55. The Morgan fingerprint density at radius 1 is 1.10 bits per heavy atom. The molecule has 1 N–H and O–H groups in total. The zero-order chi connectivity index (χ0) is 15.8. The predicted molar refractivity (Wildman–Crippen MR) is 80.6 cm³/mol. The molecule has 0 aliphatic heterocycles. The molecule has 0 aromatic heterocycles. The fourth-order valence-corrected chi connectivity index (χ4v) is 1.75. The second-order valence-corrected chi connectivity index (χ2v) is 4.89. The maximum atomic E-state index is 12.1. The Bertz CT molecular complexity index is 461. The van der Waals surface area contributed by atoms with Crippen molar-refractivity contribution in [3.63, 3.8) is 0 Å². The van der Waals surface area contributed by atoms with E-state index in [1.54, 1.807) is 32.9 Å². The van der Waals surface area contributed by atoms with Crippen molar-refractivity contribution in [3.8, 4) is 0 Å². The number of ether oxygens (including phenoxy) is 2. The number of hydrogen-bond donors (Lipinski definition) is 1. The number of nitrogens with one attached hydrogen (secondary N) is 1. The van der Waals surface area contributed by atoms with Crippen LogP contribution in [0.15, 0.2) is 30.3 Å². The van der Waals surface area contributed by atoms with Gasteiger partial charge in [-0.3, -0.25) is 9.59 Å². The van der Waals surface area contributed by atoms with Crippen LogP contribution in [0, 0.1) is 11.8 Å². The summed E-state index contributed by atoms with van der Waals surface area (Å²) in [6.45, 7) is 7.32. The van der Waals surface area contributed by atoms with E-state index in [0.717, 1.165) is 0 Å². The molecule has 116 valence electrons. The molecule has 1 amide bonds. The van der Waals surface area contributed by atoms with Gasteiger partial charge in [-0.15, -0.1) is 0 Å². The van der Waals surface area contributed by atoms with Crippen molar-refractivity contribution in [1.82, 2.24) is 0 Å². The summed E-state index contributed by atoms with van der Waals surface area (Å²) in [4.78, 5) is 24.1. The van der Waals surface area contributed by atoms with E-state index in [1.807, 2.05) is 25.1 Å². The third-order valence-electron chi connectivity index (χ3n) is 3.26. The molecule has 0 spiro atoms. The van der Waals surface area contributed by atoms with Gasteiger partial charge in [0, 0.05) is 18.2 Å². The summed E-state index contributed by atoms with van der Waals surface area (Å²) in [5.74, 6) is -1.69. The van der Waals surface area contributed by atoms with Crippen molar-refractivity contribution in [3.05, 3.63) is 30.3 Å². The molecule has 0 aliphatic carbocycles. The average molecular weight is 293 g/mol. The van der Waals surface area contributed by atoms with E-state index >= 15 is 0 Å². The summed E-state index contributed by atoms with van der Waals surface area (Å²) >= 11 is 0. The largest absolute Gasteiger partial charge is 0.436 e. The second kappa shape index (κ2) is 8.42. The quantitative estimate of drug-likeness (QED) is 0.620. The monoisotopic (exact) mass is 293 g/mol. The molecule has 5 heteroatoms. The van der Waals surface area contributed by atoms with E-state index in [-0.39, 0.29) is 5.91 Å². The van der Waals surface area contributed by atoms with Crippen molar-refractivity contribution in [2.45, 2.75) is 34.0 Å². The van der Waals surface area contributed by atoms with Crippen LogP contribution in [0.25, 0.3) is 0 Å². The van der Waals surface area contributed by atoms with Gasteiger partial charge in [-0.1, -0.05) is 32.0 Å². The number of hydrogen-bond acceptors (Lipinski definition) is 4. The lowest BCUT2D eigenvalue weighted by molar-refractivity contribution is -0.180. The lowest BCUT2D eigenvalue weighted by Crippen LogP contribution is -2.33. The number of carbonyl (C=O) groups is 2. The van der Waals surface area contributed by atoms with Crippen molar-refractivity contribution < 1.29 is 19.1 Å². The lowest BCUT2D eigenvalue weighted by atomic mass is 9.95. The Balaban J connectivity index is 2.54. The highest BCUT2D eigenvalue weighted by molar-refractivity contribution is 5.94. The van der Waals surface area contributed by atoms with Gasteiger partial charge in [0.2, 0.25) is 5.91 Å². The zero-order valence-corrected chi connectivity index (χ0v) is 13.0. The van der Waals surface area contributed by atoms with E-state index < -0.39 is 24.1 Å². The SMILES string of the molecule is CCOC(C)OC(=O)C(C)C(C)C(=O)Nc1ccccc1. The van der Waals surface area contributed by atoms with Crippen LogP contribution in [0.5, 0.6) is 0 Å². The molecule has 0 heterocycles. The number of esters is 1. The van der Waals surface area contributed by atoms with Crippen LogP contribution in [0.3, 0.4) is 0 Å². The predicted octanol–water partition coefficient (Wildman–Crippen LogP) is 2.82. The third-order valence-corrected chi connectivity index (χ3v) is 3.26. The number of anilines is 1. The second-order valence-electron chi connectivity index (χ2n) is 4.89. The first-order valence-electron chi connectivity index (χ1n) is 7.13. The smallest absolute Gasteiger partial charge is 0.311 e. The number of carbonyl (C=O) groups excluding carboxylic acids is 2. The molecule has 3 atom stereocenters. The molecule has 1 rings (SSSR count). The average Bonchev–Trinajstić information content (AvgIpc) is 2.46. The lowest BCUT2D eigenvalue weighted by Gasteiger charge is -2.20. The van der Waals surface area contributed by atoms with Gasteiger partial charge in [0.1, 0.15) is 0 Å². The Labute approximate surface area is 125 Å². The number of amides is 1. The summed E-state index contributed by atoms with van der Waals surface area (Å²) in [6, 6.07) is 9.13. The minimum Gasteiger partial charge on any atom is -0.436 e. The molecule has 21 heavy (non-hydrogen) atoms. The van der Waals surface area contributed by atoms with E-state index in [4.69, 9.17) is 9.47 Å². The standard InChI is InChI=1S/C16H23NO4/c1-5-20-13(4)21-16(19)12(3)11(2)15(18)17-14-9-7-6-8-10-14/h6-13H,5H2,1-4H3,(H,17,18). The molecule has 0 fully saturated rings. The zero-order valence-electron chi connectivity index (χ0n) is 13.0. The molecular weight excluding hydrogens is 270 g/mol. The van der Waals surface area contributed by atoms with Crippen molar-refractivity contribution in [1.29, 1.82) is 0 Å². The highest BCUT2D eigenvalue weighted by atomic mass is 16.7. The van der Waals surface area contributed by atoms with Crippen molar-refractivity contribution >= 4 is 17.6 Å². The van der Waals surface area contributed by atoms with Crippen molar-refractivity contribution in [2.75, 3.05) is 11.9 Å². The van der Waals surface area contributed by atoms with Gasteiger partial charge < -0.3 is 14.8 Å². The summed E-state index contributed by atoms with van der Waals surface area (Å²) < 4.78 is 10.3. The molecule has 0 aliphatic rings. The molecule has 5 nitrogen and oxygen atoms in total. The van der Waals surface area contributed by atoms with Crippen LogP contribution in [0.4, 0.5) is 5.69 Å². The van der Waals surface area contributed by atoms with Crippen molar-refractivity contribution in [2.24, 2.45) is 11.8 Å². The molecule has 0 radical (unpaired) electrons. The fourth-order valence-electron chi connectivity index (χ4n) is 1.75. The van der Waals surface area contributed by atoms with Crippen LogP contribution < -0.4 is 5.32 Å². The first-order chi connectivity index (χ1) is 9.95. The molecule has 0 saturated carbocycles. The van der Waals surface area contributed by atoms with Gasteiger partial charge in [-0.25, -0.2) is 0 Å². The van der Waals surface area contributed by atoms with Crippen LogP contribution in [0.2, 0.25) is 0 Å². The van der Waals surface area contributed by atoms with Gasteiger partial charge in [0.05, 0.1) is 5.92 Å². The minimum atomic E-state index is -0.602. The molecule has 0 saturated heterocycles. The Morgan fingerprint density at radius 3 is 2.29 bits per heavy atom. The molecule has 1 aromatic rings.